The molecule has 39 heavy (non-hydrogen) atoms. The summed E-state index contributed by atoms with van der Waals surface area (Å²) in [6.07, 6.45) is 1.67. The first-order valence-corrected chi connectivity index (χ1v) is 12.7. The summed E-state index contributed by atoms with van der Waals surface area (Å²) < 4.78 is 18.3. The highest BCUT2D eigenvalue weighted by Gasteiger charge is 2.19. The second kappa shape index (κ2) is 11.7. The molecule has 9 heteroatoms. The summed E-state index contributed by atoms with van der Waals surface area (Å²) in [6, 6.07) is 20.0. The number of ether oxygens (including phenoxy) is 3. The quantitative estimate of drug-likeness (QED) is 0.383. The summed E-state index contributed by atoms with van der Waals surface area (Å²) in [5.74, 6) is 0.683. The monoisotopic (exact) mass is 541 g/mol. The van der Waals surface area contributed by atoms with Crippen molar-refractivity contribution in [1.82, 2.24) is 4.57 Å². The van der Waals surface area contributed by atoms with Gasteiger partial charge in [-0.3, -0.25) is 14.2 Å². The fraction of sp³-hybridized carbons (Fsp3) is 0.167. The standard InChI is InChI=1S/C30H27N3O5S/c1-18-9-8-11-21(13-18)32-28(34)22(17-31)30-33(23-12-7-6-10-19(23)2)29(35)26(39-30)16-20-14-24(36-3)27(38-5)25(15-20)37-4/h6-16H,1-5H3,(H,32,34)/b26-16+,30-22-. The Balaban J connectivity index is 2.00. The molecule has 1 N–H and O–H groups in total. The van der Waals surface area contributed by atoms with Gasteiger partial charge in [-0.05, 0) is 66.9 Å². The topological polar surface area (TPSA) is 103 Å². The van der Waals surface area contributed by atoms with Gasteiger partial charge in [-0.15, -0.1) is 11.3 Å². The van der Waals surface area contributed by atoms with Crippen molar-refractivity contribution in [3.05, 3.63) is 96.9 Å². The molecule has 0 aliphatic carbocycles. The molecule has 8 nitrogen and oxygen atoms in total. The van der Waals surface area contributed by atoms with Crippen molar-refractivity contribution in [2.45, 2.75) is 13.8 Å². The van der Waals surface area contributed by atoms with Crippen LogP contribution in [0.2, 0.25) is 0 Å². The summed E-state index contributed by atoms with van der Waals surface area (Å²) >= 11 is 1.06. The Morgan fingerprint density at radius 1 is 0.974 bits per heavy atom. The van der Waals surface area contributed by atoms with Crippen LogP contribution in [0, 0.1) is 25.2 Å². The van der Waals surface area contributed by atoms with Crippen molar-refractivity contribution in [3.8, 4) is 29.0 Å². The van der Waals surface area contributed by atoms with E-state index in [0.717, 1.165) is 22.5 Å². The van der Waals surface area contributed by atoms with Crippen LogP contribution in [0.15, 0.2) is 65.5 Å². The molecule has 1 aromatic heterocycles. The zero-order valence-corrected chi connectivity index (χ0v) is 23.0. The maximum atomic E-state index is 13.8. The third-order valence-electron chi connectivity index (χ3n) is 5.99. The van der Waals surface area contributed by atoms with Crippen molar-refractivity contribution in [2.24, 2.45) is 0 Å². The van der Waals surface area contributed by atoms with Gasteiger partial charge in [0.1, 0.15) is 10.7 Å². The predicted octanol–water partition coefficient (Wildman–Crippen LogP) is 3.68. The SMILES string of the molecule is COc1cc(/C=c2/s/c(=C(/C#N)C(=O)Nc3cccc(C)c3)n(-c3ccccc3C)c2=O)cc(OC)c1OC. The van der Waals surface area contributed by atoms with Crippen LogP contribution < -0.4 is 34.3 Å². The number of hydrogen-bond acceptors (Lipinski definition) is 7. The zero-order valence-electron chi connectivity index (χ0n) is 22.2. The Hall–Kier alpha value is -4.81. The first-order valence-electron chi connectivity index (χ1n) is 11.9. The highest BCUT2D eigenvalue weighted by Crippen LogP contribution is 2.38. The molecule has 3 aromatic carbocycles. The van der Waals surface area contributed by atoms with E-state index in [1.165, 1.54) is 25.9 Å². The molecule has 0 fully saturated rings. The van der Waals surface area contributed by atoms with E-state index in [0.29, 0.717) is 38.7 Å². The number of carbonyl (C=O) groups excluding carboxylic acids is 1. The van der Waals surface area contributed by atoms with Crippen molar-refractivity contribution < 1.29 is 19.0 Å². The lowest BCUT2D eigenvalue weighted by Crippen LogP contribution is -2.32. The number of nitriles is 1. The number of carbonyl (C=O) groups is 1. The molecule has 4 aromatic rings. The lowest BCUT2D eigenvalue weighted by molar-refractivity contribution is -0.111. The van der Waals surface area contributed by atoms with E-state index in [9.17, 15) is 14.9 Å². The first kappa shape index (κ1) is 27.2. The average molecular weight is 542 g/mol. The summed E-state index contributed by atoms with van der Waals surface area (Å²) in [4.78, 5) is 27.1. The van der Waals surface area contributed by atoms with Crippen molar-refractivity contribution in [2.75, 3.05) is 26.6 Å². The number of hydrogen-bond donors (Lipinski definition) is 1. The zero-order chi connectivity index (χ0) is 28.1. The van der Waals surface area contributed by atoms with E-state index in [2.05, 4.69) is 5.32 Å². The molecule has 0 unspecified atom stereocenters. The highest BCUT2D eigenvalue weighted by molar-refractivity contribution is 7.07. The summed E-state index contributed by atoms with van der Waals surface area (Å²) in [5.41, 5.74) is 2.98. The van der Waals surface area contributed by atoms with Crippen LogP contribution in [0.3, 0.4) is 0 Å². The molecular weight excluding hydrogens is 514 g/mol. The molecule has 4 rings (SSSR count). The van der Waals surface area contributed by atoms with Gasteiger partial charge in [0.15, 0.2) is 17.1 Å². The van der Waals surface area contributed by atoms with E-state index >= 15 is 0 Å². The fourth-order valence-corrected chi connectivity index (χ4v) is 5.23. The molecule has 1 amide bonds. The van der Waals surface area contributed by atoms with Gasteiger partial charge in [0.05, 0.1) is 31.5 Å². The summed E-state index contributed by atoms with van der Waals surface area (Å²) in [7, 11) is 4.53. The number of nitrogens with one attached hydrogen (secondary N) is 1. The normalized spacial score (nSPS) is 11.9. The minimum Gasteiger partial charge on any atom is -0.493 e. The van der Waals surface area contributed by atoms with Gasteiger partial charge in [0, 0.05) is 5.69 Å². The van der Waals surface area contributed by atoms with Gasteiger partial charge in [-0.1, -0.05) is 30.3 Å². The lowest BCUT2D eigenvalue weighted by atomic mass is 10.1. The number of nitrogens with zero attached hydrogens (tertiary/aromatic N) is 2. The van der Waals surface area contributed by atoms with Gasteiger partial charge >= 0.3 is 0 Å². The van der Waals surface area contributed by atoms with Gasteiger partial charge in [0.2, 0.25) is 5.75 Å². The number of rotatable bonds is 7. The molecule has 198 valence electrons. The number of aromatic nitrogens is 1. The Bertz CT molecular complexity index is 1750. The van der Waals surface area contributed by atoms with E-state index in [1.54, 1.807) is 42.5 Å². The fourth-order valence-electron chi connectivity index (χ4n) is 4.13. The number of anilines is 1. The smallest absolute Gasteiger partial charge is 0.273 e. The van der Waals surface area contributed by atoms with Gasteiger partial charge in [0.25, 0.3) is 11.5 Å². The Morgan fingerprint density at radius 2 is 1.67 bits per heavy atom. The Kier molecular flexibility index (Phi) is 8.18. The first-order chi connectivity index (χ1) is 18.8. The van der Waals surface area contributed by atoms with Crippen LogP contribution in [-0.2, 0) is 4.79 Å². The van der Waals surface area contributed by atoms with E-state index < -0.39 is 5.91 Å². The van der Waals surface area contributed by atoms with E-state index in [1.807, 2.05) is 44.2 Å². The van der Waals surface area contributed by atoms with Crippen LogP contribution in [0.5, 0.6) is 17.2 Å². The van der Waals surface area contributed by atoms with E-state index in [-0.39, 0.29) is 15.8 Å². The Morgan fingerprint density at radius 3 is 2.26 bits per heavy atom. The number of aryl methyl sites for hydroxylation is 2. The maximum Gasteiger partial charge on any atom is 0.273 e. The molecule has 0 saturated heterocycles. The molecule has 0 aliphatic heterocycles. The summed E-state index contributed by atoms with van der Waals surface area (Å²) in [5, 5.41) is 12.9. The minimum absolute atomic E-state index is 0.175. The van der Waals surface area contributed by atoms with Crippen molar-refractivity contribution in [1.29, 1.82) is 5.26 Å². The molecule has 0 aliphatic rings. The van der Waals surface area contributed by atoms with Crippen LogP contribution >= 0.6 is 11.3 Å². The average Bonchev–Trinajstić information content (AvgIpc) is 3.23. The van der Waals surface area contributed by atoms with E-state index in [4.69, 9.17) is 14.2 Å². The second-order valence-electron chi connectivity index (χ2n) is 8.61. The lowest BCUT2D eigenvalue weighted by Gasteiger charge is -2.12. The number of amides is 1. The third-order valence-corrected chi connectivity index (χ3v) is 7.09. The van der Waals surface area contributed by atoms with Crippen LogP contribution in [0.4, 0.5) is 5.69 Å². The minimum atomic E-state index is -0.606. The third kappa shape index (κ3) is 5.56. The highest BCUT2D eigenvalue weighted by atomic mass is 32.1. The number of benzene rings is 3. The second-order valence-corrected chi connectivity index (χ2v) is 9.64. The van der Waals surface area contributed by atoms with Gasteiger partial charge in [-0.25, -0.2) is 0 Å². The largest absolute Gasteiger partial charge is 0.493 e. The molecule has 0 bridgehead atoms. The van der Waals surface area contributed by atoms with Gasteiger partial charge in [-0.2, -0.15) is 5.26 Å². The van der Waals surface area contributed by atoms with Crippen molar-refractivity contribution >= 4 is 34.6 Å². The molecule has 1 heterocycles. The molecular formula is C30H27N3O5S. The van der Waals surface area contributed by atoms with Crippen LogP contribution in [-0.4, -0.2) is 31.8 Å². The Labute approximate surface area is 229 Å². The molecule has 0 atom stereocenters. The van der Waals surface area contributed by atoms with Crippen LogP contribution in [0.1, 0.15) is 16.7 Å². The van der Waals surface area contributed by atoms with Gasteiger partial charge < -0.3 is 19.5 Å². The predicted molar refractivity (Wildman–Crippen MR) is 152 cm³/mol. The number of para-hydroxylation sites is 1. The number of thiazole rings is 1. The molecule has 0 radical (unpaired) electrons. The molecule has 0 spiro atoms. The van der Waals surface area contributed by atoms with Crippen LogP contribution in [0.25, 0.3) is 17.3 Å². The summed E-state index contributed by atoms with van der Waals surface area (Å²) in [6.45, 7) is 3.77. The molecule has 0 saturated carbocycles. The van der Waals surface area contributed by atoms with Crippen molar-refractivity contribution in [3.63, 3.8) is 0 Å². The maximum absolute atomic E-state index is 13.8. The number of methoxy groups -OCH3 is 3.